The molecule has 32 heavy (non-hydrogen) atoms. The minimum Gasteiger partial charge on any atom is -0.419 e. The molecule has 11 heteroatoms. The number of non-ortho nitro benzene ring substituents is 1. The van der Waals surface area contributed by atoms with Gasteiger partial charge in [-0.3, -0.25) is 19.5 Å². The summed E-state index contributed by atoms with van der Waals surface area (Å²) in [5.74, 6) is 0.921. The number of nitro benzene ring substituents is 1. The Balaban J connectivity index is 1.48. The molecule has 0 aliphatic carbocycles. The number of rotatable bonds is 5. The number of nitrogens with zero attached hydrogens (tertiary/aromatic N) is 6. The molecule has 5 aromatic rings. The van der Waals surface area contributed by atoms with Crippen LogP contribution in [0.15, 0.2) is 68.6 Å². The first-order valence-electron chi connectivity index (χ1n) is 9.49. The maximum Gasteiger partial charge on any atom is 0.271 e. The highest BCUT2D eigenvalue weighted by atomic mass is 16.6. The van der Waals surface area contributed by atoms with E-state index in [2.05, 4.69) is 20.3 Å². The van der Waals surface area contributed by atoms with Crippen molar-refractivity contribution >= 4 is 16.6 Å². The smallest absolute Gasteiger partial charge is 0.271 e. The largest absolute Gasteiger partial charge is 0.419 e. The highest BCUT2D eigenvalue weighted by Gasteiger charge is 2.22. The van der Waals surface area contributed by atoms with Crippen LogP contribution in [0, 0.1) is 17.0 Å². The summed E-state index contributed by atoms with van der Waals surface area (Å²) in [5.41, 5.74) is 1.70. The number of aryl methyl sites for hydroxylation is 1. The van der Waals surface area contributed by atoms with E-state index in [1.165, 1.54) is 29.1 Å². The molecule has 5 rings (SSSR count). The van der Waals surface area contributed by atoms with Crippen LogP contribution in [0.25, 0.3) is 33.6 Å². The minimum absolute atomic E-state index is 0.0171. The van der Waals surface area contributed by atoms with Gasteiger partial charge in [0.05, 0.1) is 22.2 Å². The first-order chi connectivity index (χ1) is 15.5. The first-order valence-corrected chi connectivity index (χ1v) is 9.49. The second kappa shape index (κ2) is 7.54. The average molecular weight is 430 g/mol. The Morgan fingerprint density at radius 3 is 2.72 bits per heavy atom. The topological polar surface area (TPSA) is 143 Å². The van der Waals surface area contributed by atoms with Crippen molar-refractivity contribution in [2.24, 2.45) is 0 Å². The van der Waals surface area contributed by atoms with E-state index < -0.39 is 4.92 Å². The highest BCUT2D eigenvalue weighted by molar-refractivity contribution is 5.80. The second-order valence-corrected chi connectivity index (χ2v) is 6.97. The fourth-order valence-electron chi connectivity index (χ4n) is 3.35. The summed E-state index contributed by atoms with van der Waals surface area (Å²) in [6.45, 7) is 1.73. The Morgan fingerprint density at radius 2 is 1.94 bits per heavy atom. The van der Waals surface area contributed by atoms with Gasteiger partial charge in [0.2, 0.25) is 5.89 Å². The van der Waals surface area contributed by atoms with Crippen LogP contribution in [-0.2, 0) is 6.54 Å². The lowest BCUT2D eigenvalue weighted by Crippen LogP contribution is -2.21. The van der Waals surface area contributed by atoms with Crippen molar-refractivity contribution in [3.05, 3.63) is 87.0 Å². The summed E-state index contributed by atoms with van der Waals surface area (Å²) in [6, 6.07) is 13.4. The molecular weight excluding hydrogens is 416 g/mol. The van der Waals surface area contributed by atoms with Gasteiger partial charge in [-0.15, -0.1) is 10.2 Å². The van der Waals surface area contributed by atoms with Crippen LogP contribution < -0.4 is 5.56 Å². The van der Waals surface area contributed by atoms with Gasteiger partial charge in [-0.25, -0.2) is 4.98 Å². The third-order valence-corrected chi connectivity index (χ3v) is 4.92. The van der Waals surface area contributed by atoms with Crippen molar-refractivity contribution < 1.29 is 13.9 Å². The zero-order valence-corrected chi connectivity index (χ0v) is 16.6. The van der Waals surface area contributed by atoms with E-state index in [4.69, 9.17) is 8.94 Å². The normalized spacial score (nSPS) is 11.2. The average Bonchev–Trinajstić information content (AvgIpc) is 3.42. The predicted octanol–water partition coefficient (Wildman–Crippen LogP) is 3.37. The molecule has 0 saturated carbocycles. The maximum absolute atomic E-state index is 12.8. The van der Waals surface area contributed by atoms with Crippen molar-refractivity contribution in [3.8, 4) is 22.7 Å². The van der Waals surface area contributed by atoms with Gasteiger partial charge < -0.3 is 8.94 Å². The van der Waals surface area contributed by atoms with Crippen LogP contribution in [0.4, 0.5) is 5.69 Å². The van der Waals surface area contributed by atoms with Gasteiger partial charge in [-0.1, -0.05) is 35.5 Å². The monoisotopic (exact) mass is 430 g/mol. The zero-order chi connectivity index (χ0) is 22.2. The first kappa shape index (κ1) is 19.3. The van der Waals surface area contributed by atoms with Crippen molar-refractivity contribution in [1.29, 1.82) is 0 Å². The molecule has 0 spiro atoms. The zero-order valence-electron chi connectivity index (χ0n) is 16.6. The third-order valence-electron chi connectivity index (χ3n) is 4.92. The van der Waals surface area contributed by atoms with Crippen LogP contribution in [0.1, 0.15) is 11.7 Å². The summed E-state index contributed by atoms with van der Waals surface area (Å²) in [7, 11) is 0. The van der Waals surface area contributed by atoms with E-state index in [-0.39, 0.29) is 40.5 Å². The Hall–Kier alpha value is -4.67. The number of hydrogen-bond acceptors (Lipinski definition) is 9. The van der Waals surface area contributed by atoms with Crippen molar-refractivity contribution in [3.63, 3.8) is 0 Å². The van der Waals surface area contributed by atoms with E-state index in [0.29, 0.717) is 17.0 Å². The Labute approximate surface area is 179 Å². The van der Waals surface area contributed by atoms with Crippen LogP contribution in [0.2, 0.25) is 0 Å². The van der Waals surface area contributed by atoms with E-state index in [1.54, 1.807) is 6.92 Å². The van der Waals surface area contributed by atoms with Gasteiger partial charge in [0, 0.05) is 17.7 Å². The quantitative estimate of drug-likeness (QED) is 0.303. The number of nitro groups is 1. The van der Waals surface area contributed by atoms with Crippen LogP contribution in [-0.4, -0.2) is 29.8 Å². The molecule has 3 heterocycles. The molecule has 158 valence electrons. The number of hydrogen-bond donors (Lipinski definition) is 0. The fourth-order valence-corrected chi connectivity index (χ4v) is 3.35. The van der Waals surface area contributed by atoms with Crippen LogP contribution in [0.5, 0.6) is 0 Å². The van der Waals surface area contributed by atoms with Crippen molar-refractivity contribution in [2.45, 2.75) is 13.5 Å². The molecule has 2 aromatic carbocycles. The van der Waals surface area contributed by atoms with Gasteiger partial charge in [0.15, 0.2) is 0 Å². The molecule has 11 nitrogen and oxygen atoms in total. The second-order valence-electron chi connectivity index (χ2n) is 6.97. The van der Waals surface area contributed by atoms with Gasteiger partial charge in [-0.2, -0.15) is 0 Å². The lowest BCUT2D eigenvalue weighted by atomic mass is 10.1. The maximum atomic E-state index is 12.8. The fraction of sp³-hybridized carbons (Fsp3) is 0.0952. The molecule has 3 aromatic heterocycles. The molecule has 0 bridgehead atoms. The minimum atomic E-state index is -0.539. The molecule has 0 radical (unpaired) electrons. The van der Waals surface area contributed by atoms with E-state index >= 15 is 0 Å². The van der Waals surface area contributed by atoms with Gasteiger partial charge >= 0.3 is 0 Å². The SMILES string of the molecule is Cc1onc(-c2ccccc2)c1-c1nnc(Cn2cnc3cc([N+](=O)[O-])ccc3c2=O)o1. The molecule has 0 N–H and O–H groups in total. The molecule has 0 saturated heterocycles. The lowest BCUT2D eigenvalue weighted by Gasteiger charge is -2.03. The Kier molecular flexibility index (Phi) is 4.55. The Bertz CT molecular complexity index is 1520. The van der Waals surface area contributed by atoms with Crippen molar-refractivity contribution in [2.75, 3.05) is 0 Å². The van der Waals surface area contributed by atoms with E-state index in [1.807, 2.05) is 30.3 Å². The molecule has 0 aliphatic heterocycles. The van der Waals surface area contributed by atoms with E-state index in [9.17, 15) is 14.9 Å². The highest BCUT2D eigenvalue weighted by Crippen LogP contribution is 2.33. The number of benzene rings is 2. The summed E-state index contributed by atoms with van der Waals surface area (Å²) in [4.78, 5) is 27.3. The van der Waals surface area contributed by atoms with Gasteiger partial charge in [-0.05, 0) is 13.0 Å². The number of aromatic nitrogens is 5. The third kappa shape index (κ3) is 3.31. The summed E-state index contributed by atoms with van der Waals surface area (Å²) in [6.07, 6.45) is 1.29. The van der Waals surface area contributed by atoms with Crippen molar-refractivity contribution in [1.82, 2.24) is 24.9 Å². The predicted molar refractivity (Wildman–Crippen MR) is 112 cm³/mol. The van der Waals surface area contributed by atoms with Gasteiger partial charge in [0.25, 0.3) is 17.1 Å². The standard InChI is InChI=1S/C21H14N6O5/c1-12-18(19(25-32-12)13-5-3-2-4-6-13)20-24-23-17(31-20)10-26-11-22-16-9-14(27(29)30)7-8-15(16)21(26)28/h2-9,11H,10H2,1H3. The number of fused-ring (bicyclic) bond motifs is 1. The summed E-state index contributed by atoms with van der Waals surface area (Å²) < 4.78 is 12.4. The lowest BCUT2D eigenvalue weighted by molar-refractivity contribution is -0.384. The molecular formula is C21H14N6O5. The van der Waals surface area contributed by atoms with E-state index in [0.717, 1.165) is 5.56 Å². The molecule has 0 atom stereocenters. The van der Waals surface area contributed by atoms with Crippen LogP contribution >= 0.6 is 0 Å². The molecule has 0 fully saturated rings. The summed E-state index contributed by atoms with van der Waals surface area (Å²) >= 11 is 0. The molecule has 0 unspecified atom stereocenters. The molecule has 0 aliphatic rings. The Morgan fingerprint density at radius 1 is 1.12 bits per heavy atom. The summed E-state index contributed by atoms with van der Waals surface area (Å²) in [5, 5.41) is 23.4. The van der Waals surface area contributed by atoms with Gasteiger partial charge in [0.1, 0.15) is 23.6 Å². The van der Waals surface area contributed by atoms with Crippen LogP contribution in [0.3, 0.4) is 0 Å². The molecule has 0 amide bonds.